The Bertz CT molecular complexity index is 335. The summed E-state index contributed by atoms with van der Waals surface area (Å²) in [5.74, 6) is 0. The highest BCUT2D eigenvalue weighted by Gasteiger charge is 2.10. The second-order valence-electron chi connectivity index (χ2n) is 3.41. The first kappa shape index (κ1) is 9.98. The third-order valence-corrected chi connectivity index (χ3v) is 2.45. The van der Waals surface area contributed by atoms with Crippen LogP contribution in [0.4, 0.5) is 11.4 Å². The molecule has 1 aliphatic heterocycles. The Balaban J connectivity index is 2.12. The van der Waals surface area contributed by atoms with Crippen molar-refractivity contribution in [3.05, 3.63) is 24.3 Å². The highest BCUT2D eigenvalue weighted by Crippen LogP contribution is 2.19. The number of carbonyl (C=O) groups excluding carboxylic acids is 1. The van der Waals surface area contributed by atoms with E-state index in [1.165, 1.54) is 0 Å². The summed E-state index contributed by atoms with van der Waals surface area (Å²) >= 11 is 0. The van der Waals surface area contributed by atoms with Crippen LogP contribution in [-0.2, 0) is 9.53 Å². The first-order chi connectivity index (χ1) is 7.40. The van der Waals surface area contributed by atoms with Gasteiger partial charge in [0, 0.05) is 24.5 Å². The number of rotatable bonds is 3. The van der Waals surface area contributed by atoms with E-state index in [1.54, 1.807) is 0 Å². The zero-order valence-corrected chi connectivity index (χ0v) is 8.48. The van der Waals surface area contributed by atoms with Gasteiger partial charge in [0.25, 0.3) is 0 Å². The van der Waals surface area contributed by atoms with E-state index in [0.717, 1.165) is 37.7 Å². The van der Waals surface area contributed by atoms with Crippen molar-refractivity contribution in [3.63, 3.8) is 0 Å². The zero-order chi connectivity index (χ0) is 10.5. The third kappa shape index (κ3) is 2.47. The van der Waals surface area contributed by atoms with Crippen LogP contribution in [0.5, 0.6) is 0 Å². The topological polar surface area (TPSA) is 41.6 Å². The van der Waals surface area contributed by atoms with Crippen molar-refractivity contribution in [3.8, 4) is 0 Å². The zero-order valence-electron chi connectivity index (χ0n) is 8.48. The monoisotopic (exact) mass is 206 g/mol. The van der Waals surface area contributed by atoms with Crippen molar-refractivity contribution in [2.24, 2.45) is 0 Å². The third-order valence-electron chi connectivity index (χ3n) is 2.45. The van der Waals surface area contributed by atoms with Crippen LogP contribution in [0.3, 0.4) is 0 Å². The fourth-order valence-corrected chi connectivity index (χ4v) is 1.68. The number of morpholine rings is 1. The van der Waals surface area contributed by atoms with Crippen LogP contribution in [0.1, 0.15) is 0 Å². The number of carbonyl (C=O) groups is 1. The molecule has 0 bridgehead atoms. The van der Waals surface area contributed by atoms with Gasteiger partial charge in [-0.25, -0.2) is 0 Å². The molecule has 0 spiro atoms. The van der Waals surface area contributed by atoms with Gasteiger partial charge in [-0.15, -0.1) is 0 Å². The van der Waals surface area contributed by atoms with E-state index < -0.39 is 0 Å². The number of nitrogens with one attached hydrogen (secondary N) is 1. The molecule has 0 aromatic heterocycles. The number of hydrogen-bond donors (Lipinski definition) is 1. The number of anilines is 2. The van der Waals surface area contributed by atoms with Gasteiger partial charge in [-0.3, -0.25) is 4.79 Å². The van der Waals surface area contributed by atoms with Crippen LogP contribution in [-0.4, -0.2) is 32.7 Å². The summed E-state index contributed by atoms with van der Waals surface area (Å²) in [6.07, 6.45) is 0.693. The standard InChI is InChI=1S/C11H14N2O2/c14-9-12-10-2-1-3-11(8-10)13-4-6-15-7-5-13/h1-3,8-9H,4-7H2,(H,12,14). The van der Waals surface area contributed by atoms with Gasteiger partial charge >= 0.3 is 0 Å². The Kier molecular flexibility index (Phi) is 3.19. The molecule has 1 fully saturated rings. The normalized spacial score (nSPS) is 16.1. The van der Waals surface area contributed by atoms with E-state index in [2.05, 4.69) is 10.2 Å². The molecule has 0 atom stereocenters. The van der Waals surface area contributed by atoms with Gasteiger partial charge in [-0.2, -0.15) is 0 Å². The highest BCUT2D eigenvalue weighted by molar-refractivity contribution is 5.73. The predicted molar refractivity (Wildman–Crippen MR) is 59.2 cm³/mol. The molecule has 1 heterocycles. The molecule has 1 saturated heterocycles. The number of benzene rings is 1. The van der Waals surface area contributed by atoms with Gasteiger partial charge in [0.05, 0.1) is 13.2 Å². The molecule has 1 aromatic rings. The van der Waals surface area contributed by atoms with Gasteiger partial charge in [0.1, 0.15) is 0 Å². The van der Waals surface area contributed by atoms with Crippen LogP contribution in [0, 0.1) is 0 Å². The molecule has 4 nitrogen and oxygen atoms in total. The fourth-order valence-electron chi connectivity index (χ4n) is 1.68. The fraction of sp³-hybridized carbons (Fsp3) is 0.364. The van der Waals surface area contributed by atoms with Crippen molar-refractivity contribution < 1.29 is 9.53 Å². The molecule has 0 aliphatic carbocycles. The molecule has 2 rings (SSSR count). The van der Waals surface area contributed by atoms with E-state index in [4.69, 9.17) is 4.74 Å². The van der Waals surface area contributed by atoms with Crippen molar-refractivity contribution in [1.29, 1.82) is 0 Å². The first-order valence-electron chi connectivity index (χ1n) is 5.03. The molecule has 1 N–H and O–H groups in total. The molecule has 1 amide bonds. The second kappa shape index (κ2) is 4.79. The van der Waals surface area contributed by atoms with Gasteiger partial charge < -0.3 is 15.0 Å². The Hall–Kier alpha value is -1.55. The Labute approximate surface area is 88.8 Å². The van der Waals surface area contributed by atoms with Gasteiger partial charge in [-0.05, 0) is 18.2 Å². The van der Waals surface area contributed by atoms with Gasteiger partial charge in [-0.1, -0.05) is 6.07 Å². The minimum atomic E-state index is 0.693. The van der Waals surface area contributed by atoms with E-state index in [0.29, 0.717) is 6.41 Å². The molecule has 0 unspecified atom stereocenters. The van der Waals surface area contributed by atoms with Gasteiger partial charge in [0.2, 0.25) is 6.41 Å². The molecular formula is C11H14N2O2. The SMILES string of the molecule is O=CNc1cccc(N2CCOCC2)c1. The molecule has 15 heavy (non-hydrogen) atoms. The lowest BCUT2D eigenvalue weighted by atomic mass is 10.2. The van der Waals surface area contributed by atoms with Crippen molar-refractivity contribution in [2.75, 3.05) is 36.5 Å². The summed E-state index contributed by atoms with van der Waals surface area (Å²) in [4.78, 5) is 12.6. The smallest absolute Gasteiger partial charge is 0.211 e. The maximum atomic E-state index is 10.3. The molecule has 1 aromatic carbocycles. The number of amides is 1. The van der Waals surface area contributed by atoms with Crippen LogP contribution in [0.2, 0.25) is 0 Å². The molecule has 80 valence electrons. The summed E-state index contributed by atoms with van der Waals surface area (Å²) in [6.45, 7) is 3.35. The largest absolute Gasteiger partial charge is 0.378 e. The summed E-state index contributed by atoms with van der Waals surface area (Å²) in [6, 6.07) is 7.83. The van der Waals surface area contributed by atoms with Crippen LogP contribution in [0.15, 0.2) is 24.3 Å². The quantitative estimate of drug-likeness (QED) is 0.753. The average Bonchev–Trinajstić information content (AvgIpc) is 2.31. The Morgan fingerprint density at radius 3 is 2.87 bits per heavy atom. The van der Waals surface area contributed by atoms with Crippen LogP contribution >= 0.6 is 0 Å². The van der Waals surface area contributed by atoms with Crippen molar-refractivity contribution >= 4 is 17.8 Å². The molecule has 0 saturated carbocycles. The number of hydrogen-bond acceptors (Lipinski definition) is 3. The predicted octanol–water partition coefficient (Wildman–Crippen LogP) is 1.09. The molecule has 1 aliphatic rings. The lowest BCUT2D eigenvalue weighted by Gasteiger charge is -2.29. The molecule has 4 heteroatoms. The summed E-state index contributed by atoms with van der Waals surface area (Å²) in [7, 11) is 0. The van der Waals surface area contributed by atoms with Crippen LogP contribution in [0.25, 0.3) is 0 Å². The maximum Gasteiger partial charge on any atom is 0.211 e. The number of nitrogens with zero attached hydrogens (tertiary/aromatic N) is 1. The summed E-state index contributed by atoms with van der Waals surface area (Å²) in [5, 5.41) is 2.65. The first-order valence-corrected chi connectivity index (χ1v) is 5.03. The average molecular weight is 206 g/mol. The lowest BCUT2D eigenvalue weighted by Crippen LogP contribution is -2.36. The van der Waals surface area contributed by atoms with Gasteiger partial charge in [0.15, 0.2) is 0 Å². The number of ether oxygens (including phenoxy) is 1. The Morgan fingerprint density at radius 1 is 1.33 bits per heavy atom. The minimum Gasteiger partial charge on any atom is -0.378 e. The van der Waals surface area contributed by atoms with Crippen molar-refractivity contribution in [1.82, 2.24) is 0 Å². The van der Waals surface area contributed by atoms with E-state index in [-0.39, 0.29) is 0 Å². The molecular weight excluding hydrogens is 192 g/mol. The van der Waals surface area contributed by atoms with E-state index in [1.807, 2.05) is 24.3 Å². The Morgan fingerprint density at radius 2 is 2.13 bits per heavy atom. The van der Waals surface area contributed by atoms with Crippen LogP contribution < -0.4 is 10.2 Å². The summed E-state index contributed by atoms with van der Waals surface area (Å²) in [5.41, 5.74) is 1.96. The minimum absolute atomic E-state index is 0.693. The molecule has 0 radical (unpaired) electrons. The van der Waals surface area contributed by atoms with E-state index in [9.17, 15) is 4.79 Å². The highest BCUT2D eigenvalue weighted by atomic mass is 16.5. The van der Waals surface area contributed by atoms with Crippen molar-refractivity contribution in [2.45, 2.75) is 0 Å². The summed E-state index contributed by atoms with van der Waals surface area (Å²) < 4.78 is 5.29. The second-order valence-corrected chi connectivity index (χ2v) is 3.41. The maximum absolute atomic E-state index is 10.3. The van der Waals surface area contributed by atoms with E-state index >= 15 is 0 Å². The lowest BCUT2D eigenvalue weighted by molar-refractivity contribution is -0.105.